The van der Waals surface area contributed by atoms with Crippen LogP contribution >= 0.6 is 0 Å². The van der Waals surface area contributed by atoms with Crippen LogP contribution < -0.4 is 5.73 Å². The first-order valence-corrected chi connectivity index (χ1v) is 5.69. The molecule has 1 heterocycles. The van der Waals surface area contributed by atoms with Crippen molar-refractivity contribution in [2.75, 3.05) is 5.73 Å². The molecule has 5 nitrogen and oxygen atoms in total. The third-order valence-electron chi connectivity index (χ3n) is 2.85. The van der Waals surface area contributed by atoms with Gasteiger partial charge in [0.25, 0.3) is 0 Å². The maximum atomic E-state index is 12.9. The summed E-state index contributed by atoms with van der Waals surface area (Å²) in [5.74, 6) is -0.0258. The Kier molecular flexibility index (Phi) is 2.56. The average Bonchev–Trinajstić information content (AvgIpc) is 2.81. The summed E-state index contributed by atoms with van der Waals surface area (Å²) in [6.45, 7) is -0.607. The molecule has 0 aliphatic rings. The molecule has 3 N–H and O–H groups in total. The number of nitrogen functional groups attached to an aromatic ring is 1. The topological polar surface area (TPSA) is 77.0 Å². The van der Waals surface area contributed by atoms with Crippen molar-refractivity contribution in [2.24, 2.45) is 0 Å². The second-order valence-corrected chi connectivity index (χ2v) is 4.16. The van der Waals surface area contributed by atoms with Gasteiger partial charge in [-0.15, -0.1) is 15.0 Å². The van der Waals surface area contributed by atoms with Crippen LogP contribution in [-0.2, 0) is 6.67 Å². The highest BCUT2D eigenvalue weighted by atomic mass is 19.1. The van der Waals surface area contributed by atoms with E-state index in [1.807, 2.05) is 0 Å². The van der Waals surface area contributed by atoms with Crippen LogP contribution in [0.2, 0.25) is 0 Å². The van der Waals surface area contributed by atoms with E-state index in [9.17, 15) is 9.50 Å². The zero-order valence-corrected chi connectivity index (χ0v) is 9.92. The molecular weight excluding hydrogens is 247 g/mol. The number of fused-ring (bicyclic) bond motifs is 1. The Morgan fingerprint density at radius 2 is 2.05 bits per heavy atom. The fraction of sp³-hybridized carbons (Fsp3) is 0.0769. The maximum Gasteiger partial charge on any atom is 0.145 e. The number of anilines is 1. The normalized spacial score (nSPS) is 11.0. The van der Waals surface area contributed by atoms with Gasteiger partial charge in [-0.3, -0.25) is 0 Å². The number of aromatic nitrogens is 3. The van der Waals surface area contributed by atoms with Crippen molar-refractivity contribution >= 4 is 16.7 Å². The van der Waals surface area contributed by atoms with Crippen LogP contribution in [-0.4, -0.2) is 20.1 Å². The Balaban J connectivity index is 2.20. The van der Waals surface area contributed by atoms with E-state index < -0.39 is 6.67 Å². The zero-order valence-electron chi connectivity index (χ0n) is 9.92. The molecule has 0 bridgehead atoms. The van der Waals surface area contributed by atoms with Crippen molar-refractivity contribution in [2.45, 2.75) is 6.67 Å². The van der Waals surface area contributed by atoms with Crippen LogP contribution in [0.3, 0.4) is 0 Å². The lowest BCUT2D eigenvalue weighted by molar-refractivity contribution is 0.468. The molecule has 0 atom stereocenters. The molecule has 3 rings (SSSR count). The standard InChI is InChI=1S/C13H11FN4O/c14-7-8-2-1-3-10-13(8)17-18(16-10)11-5-4-9(15)6-12(11)19/h1-6,19H,7,15H2. The summed E-state index contributed by atoms with van der Waals surface area (Å²) < 4.78 is 12.9. The summed E-state index contributed by atoms with van der Waals surface area (Å²) in [5, 5.41) is 18.3. The van der Waals surface area contributed by atoms with Gasteiger partial charge in [0.1, 0.15) is 29.1 Å². The molecule has 0 saturated heterocycles. The Hall–Kier alpha value is -2.63. The van der Waals surface area contributed by atoms with Gasteiger partial charge in [0.05, 0.1) is 0 Å². The summed E-state index contributed by atoms with van der Waals surface area (Å²) >= 11 is 0. The average molecular weight is 258 g/mol. The number of nitrogens with zero attached hydrogens (tertiary/aromatic N) is 3. The van der Waals surface area contributed by atoms with Crippen LogP contribution in [0.4, 0.5) is 10.1 Å². The maximum absolute atomic E-state index is 12.9. The summed E-state index contributed by atoms with van der Waals surface area (Å²) in [5.41, 5.74) is 7.95. The van der Waals surface area contributed by atoms with Gasteiger partial charge >= 0.3 is 0 Å². The van der Waals surface area contributed by atoms with Crippen LogP contribution in [0.5, 0.6) is 5.75 Å². The van der Waals surface area contributed by atoms with E-state index in [0.717, 1.165) is 0 Å². The first-order valence-electron chi connectivity index (χ1n) is 5.69. The molecule has 0 saturated carbocycles. The summed E-state index contributed by atoms with van der Waals surface area (Å²) in [6.07, 6.45) is 0. The number of rotatable bonds is 2. The van der Waals surface area contributed by atoms with E-state index in [4.69, 9.17) is 5.73 Å². The third-order valence-corrected chi connectivity index (χ3v) is 2.85. The van der Waals surface area contributed by atoms with E-state index in [-0.39, 0.29) is 5.75 Å². The first kappa shape index (κ1) is 11.5. The van der Waals surface area contributed by atoms with E-state index in [2.05, 4.69) is 10.2 Å². The van der Waals surface area contributed by atoms with E-state index in [1.165, 1.54) is 10.9 Å². The largest absolute Gasteiger partial charge is 0.506 e. The minimum absolute atomic E-state index is 0.0258. The molecule has 1 aromatic heterocycles. The Bertz CT molecular complexity index is 753. The van der Waals surface area contributed by atoms with Gasteiger partial charge in [0.15, 0.2) is 0 Å². The fourth-order valence-electron chi connectivity index (χ4n) is 1.92. The van der Waals surface area contributed by atoms with Gasteiger partial charge in [0.2, 0.25) is 0 Å². The number of benzene rings is 2. The minimum atomic E-state index is -0.607. The SMILES string of the molecule is Nc1ccc(-n2nc3cccc(CF)c3n2)c(O)c1. The third kappa shape index (κ3) is 1.87. The zero-order chi connectivity index (χ0) is 13.4. The van der Waals surface area contributed by atoms with Crippen LogP contribution in [0.15, 0.2) is 36.4 Å². The Morgan fingerprint density at radius 3 is 2.79 bits per heavy atom. The molecular formula is C13H11FN4O. The van der Waals surface area contributed by atoms with Gasteiger partial charge in [-0.05, 0) is 18.2 Å². The van der Waals surface area contributed by atoms with E-state index in [0.29, 0.717) is 28.0 Å². The summed E-state index contributed by atoms with van der Waals surface area (Å²) in [6, 6.07) is 9.78. The molecule has 0 radical (unpaired) electrons. The van der Waals surface area contributed by atoms with Crippen LogP contribution in [0.1, 0.15) is 5.56 Å². The number of halogens is 1. The molecule has 0 aliphatic carbocycles. The lowest BCUT2D eigenvalue weighted by Crippen LogP contribution is -1.99. The number of phenolic OH excluding ortho intramolecular Hbond substituents is 1. The number of aromatic hydroxyl groups is 1. The van der Waals surface area contributed by atoms with Crippen LogP contribution in [0.25, 0.3) is 16.7 Å². The number of phenols is 1. The van der Waals surface area contributed by atoms with E-state index in [1.54, 1.807) is 30.3 Å². The van der Waals surface area contributed by atoms with Gasteiger partial charge in [-0.1, -0.05) is 12.1 Å². The predicted molar refractivity (Wildman–Crippen MR) is 69.8 cm³/mol. The van der Waals surface area contributed by atoms with Crippen molar-refractivity contribution in [3.63, 3.8) is 0 Å². The molecule has 6 heteroatoms. The van der Waals surface area contributed by atoms with Crippen molar-refractivity contribution in [3.8, 4) is 11.4 Å². The second kappa shape index (κ2) is 4.24. The molecule has 0 fully saturated rings. The molecule has 19 heavy (non-hydrogen) atoms. The molecule has 0 aliphatic heterocycles. The summed E-state index contributed by atoms with van der Waals surface area (Å²) in [7, 11) is 0. The molecule has 2 aromatic carbocycles. The number of hydrogen-bond donors (Lipinski definition) is 2. The van der Waals surface area contributed by atoms with Crippen LogP contribution in [0, 0.1) is 0 Å². The molecule has 0 amide bonds. The Morgan fingerprint density at radius 1 is 1.21 bits per heavy atom. The number of alkyl halides is 1. The molecule has 0 unspecified atom stereocenters. The second-order valence-electron chi connectivity index (χ2n) is 4.16. The minimum Gasteiger partial charge on any atom is -0.506 e. The first-order chi connectivity index (χ1) is 9.19. The number of hydrogen-bond acceptors (Lipinski definition) is 4. The van der Waals surface area contributed by atoms with Gasteiger partial charge in [0, 0.05) is 17.3 Å². The fourth-order valence-corrected chi connectivity index (χ4v) is 1.92. The van der Waals surface area contributed by atoms with Gasteiger partial charge < -0.3 is 10.8 Å². The van der Waals surface area contributed by atoms with Gasteiger partial charge in [-0.25, -0.2) is 4.39 Å². The monoisotopic (exact) mass is 258 g/mol. The quantitative estimate of drug-likeness (QED) is 0.691. The lowest BCUT2D eigenvalue weighted by atomic mass is 10.2. The van der Waals surface area contributed by atoms with E-state index >= 15 is 0 Å². The Labute approximate surface area is 108 Å². The van der Waals surface area contributed by atoms with Crippen molar-refractivity contribution in [3.05, 3.63) is 42.0 Å². The molecule has 3 aromatic rings. The molecule has 96 valence electrons. The predicted octanol–water partition coefficient (Wildman–Crippen LogP) is 2.18. The van der Waals surface area contributed by atoms with Crippen molar-refractivity contribution in [1.82, 2.24) is 15.0 Å². The van der Waals surface area contributed by atoms with Gasteiger partial charge in [-0.2, -0.15) is 0 Å². The summed E-state index contributed by atoms with van der Waals surface area (Å²) in [4.78, 5) is 1.28. The highest BCUT2D eigenvalue weighted by Gasteiger charge is 2.11. The smallest absolute Gasteiger partial charge is 0.145 e. The number of nitrogens with two attached hydrogens (primary N) is 1. The van der Waals surface area contributed by atoms with Crippen molar-refractivity contribution < 1.29 is 9.50 Å². The highest BCUT2D eigenvalue weighted by Crippen LogP contribution is 2.24. The highest BCUT2D eigenvalue weighted by molar-refractivity contribution is 5.77. The van der Waals surface area contributed by atoms with Crippen molar-refractivity contribution in [1.29, 1.82) is 0 Å². The molecule has 0 spiro atoms. The lowest BCUT2D eigenvalue weighted by Gasteiger charge is -2.03.